The van der Waals surface area contributed by atoms with Gasteiger partial charge < -0.3 is 16.4 Å². The fourth-order valence-corrected chi connectivity index (χ4v) is 3.05. The highest BCUT2D eigenvalue weighted by Crippen LogP contribution is 2.33. The summed E-state index contributed by atoms with van der Waals surface area (Å²) in [4.78, 5) is 25.6. The van der Waals surface area contributed by atoms with E-state index >= 15 is 0 Å². The molecule has 2 aromatic rings. The second kappa shape index (κ2) is 6.45. The van der Waals surface area contributed by atoms with Crippen LogP contribution >= 0.6 is 0 Å². The Hall–Kier alpha value is -2.66. The minimum absolute atomic E-state index is 0.0430. The molecule has 0 fully saturated rings. The maximum atomic E-state index is 12.6. The Morgan fingerprint density at radius 2 is 1.83 bits per heavy atom. The molecule has 1 unspecified atom stereocenters. The van der Waals surface area contributed by atoms with Crippen molar-refractivity contribution in [3.63, 3.8) is 0 Å². The molecule has 4 N–H and O–H groups in total. The van der Waals surface area contributed by atoms with Crippen LogP contribution in [0, 0.1) is 5.92 Å². The van der Waals surface area contributed by atoms with Gasteiger partial charge in [-0.2, -0.15) is 0 Å². The predicted molar refractivity (Wildman–Crippen MR) is 92.9 cm³/mol. The minimum Gasteiger partial charge on any atom is -0.369 e. The highest BCUT2D eigenvalue weighted by molar-refractivity contribution is 6.00. The quantitative estimate of drug-likeness (QED) is 0.880. The van der Waals surface area contributed by atoms with Crippen molar-refractivity contribution in [2.45, 2.75) is 20.0 Å². The monoisotopic (exact) mass is 323 g/mol. The molecular weight excluding hydrogens is 302 g/mol. The van der Waals surface area contributed by atoms with Gasteiger partial charge in [-0.15, -0.1) is 0 Å². The molecule has 0 aromatic heterocycles. The minimum atomic E-state index is -0.392. The van der Waals surface area contributed by atoms with Crippen LogP contribution in [-0.2, 0) is 17.9 Å². The Kier molecular flexibility index (Phi) is 4.36. The van der Waals surface area contributed by atoms with E-state index in [1.807, 2.05) is 42.5 Å². The molecule has 1 heterocycles. The first-order valence-corrected chi connectivity index (χ1v) is 8.01. The molecule has 1 aliphatic rings. The zero-order chi connectivity index (χ0) is 17.3. The van der Waals surface area contributed by atoms with E-state index in [4.69, 9.17) is 11.5 Å². The highest BCUT2D eigenvalue weighted by atomic mass is 16.2. The van der Waals surface area contributed by atoms with E-state index in [-0.39, 0.29) is 11.8 Å². The topological polar surface area (TPSA) is 89.4 Å². The summed E-state index contributed by atoms with van der Waals surface area (Å²) in [6.07, 6.45) is 0. The first-order valence-electron chi connectivity index (χ1n) is 8.01. The average molecular weight is 323 g/mol. The third-order valence-electron chi connectivity index (χ3n) is 4.52. The van der Waals surface area contributed by atoms with Gasteiger partial charge in [-0.05, 0) is 28.3 Å². The third kappa shape index (κ3) is 2.90. The second-order valence-electron chi connectivity index (χ2n) is 6.22. The van der Waals surface area contributed by atoms with Gasteiger partial charge in [-0.3, -0.25) is 9.59 Å². The fraction of sp³-hybridized carbons (Fsp3) is 0.263. The Morgan fingerprint density at radius 1 is 1.17 bits per heavy atom. The van der Waals surface area contributed by atoms with Gasteiger partial charge in [0, 0.05) is 25.2 Å². The molecule has 5 heteroatoms. The van der Waals surface area contributed by atoms with Crippen LogP contribution in [0.25, 0.3) is 11.1 Å². The molecule has 5 nitrogen and oxygen atoms in total. The lowest BCUT2D eigenvalue weighted by molar-refractivity contribution is -0.121. The molecule has 3 rings (SSSR count). The molecular formula is C19H21N3O2. The van der Waals surface area contributed by atoms with Crippen LogP contribution < -0.4 is 11.5 Å². The lowest BCUT2D eigenvalue weighted by Gasteiger charge is -2.18. The second-order valence-corrected chi connectivity index (χ2v) is 6.22. The molecule has 1 aliphatic heterocycles. The first-order chi connectivity index (χ1) is 11.5. The molecule has 0 bridgehead atoms. The van der Waals surface area contributed by atoms with E-state index in [1.165, 1.54) is 0 Å². The van der Waals surface area contributed by atoms with Crippen molar-refractivity contribution in [2.75, 3.05) is 6.54 Å². The number of amides is 2. The number of fused-ring (bicyclic) bond motifs is 1. The van der Waals surface area contributed by atoms with Gasteiger partial charge in [0.05, 0.1) is 5.92 Å². The molecule has 0 radical (unpaired) electrons. The van der Waals surface area contributed by atoms with E-state index < -0.39 is 5.91 Å². The molecule has 2 amide bonds. The molecule has 1 atom stereocenters. The van der Waals surface area contributed by atoms with Gasteiger partial charge in [-0.25, -0.2) is 0 Å². The number of hydrogen-bond acceptors (Lipinski definition) is 3. The zero-order valence-corrected chi connectivity index (χ0v) is 13.7. The van der Waals surface area contributed by atoms with Crippen molar-refractivity contribution in [1.82, 2.24) is 4.90 Å². The maximum absolute atomic E-state index is 12.6. The van der Waals surface area contributed by atoms with Crippen LogP contribution in [0.15, 0.2) is 42.5 Å². The Morgan fingerprint density at radius 3 is 2.46 bits per heavy atom. The molecule has 0 spiro atoms. The van der Waals surface area contributed by atoms with Crippen molar-refractivity contribution in [1.29, 1.82) is 0 Å². The van der Waals surface area contributed by atoms with Crippen LogP contribution in [-0.4, -0.2) is 23.3 Å². The SMILES string of the molecule is CC(CN1Cc2c(cccc2-c2ccc(CN)cc2)C1=O)C(N)=O. The smallest absolute Gasteiger partial charge is 0.254 e. The van der Waals surface area contributed by atoms with Gasteiger partial charge in [0.25, 0.3) is 5.91 Å². The summed E-state index contributed by atoms with van der Waals surface area (Å²) in [5.74, 6) is -0.801. The summed E-state index contributed by atoms with van der Waals surface area (Å²) in [6.45, 7) is 3.09. The molecule has 24 heavy (non-hydrogen) atoms. The number of hydrogen-bond donors (Lipinski definition) is 2. The van der Waals surface area contributed by atoms with E-state index in [0.29, 0.717) is 25.2 Å². The standard InChI is InChI=1S/C19H21N3O2/c1-12(18(21)23)10-22-11-17-15(3-2-4-16(17)19(22)24)14-7-5-13(9-20)6-8-14/h2-8,12H,9-11,20H2,1H3,(H2,21,23). The van der Waals surface area contributed by atoms with E-state index in [9.17, 15) is 9.59 Å². The van der Waals surface area contributed by atoms with Gasteiger partial charge in [0.1, 0.15) is 0 Å². The third-order valence-corrected chi connectivity index (χ3v) is 4.52. The molecule has 0 saturated heterocycles. The van der Waals surface area contributed by atoms with Crippen molar-refractivity contribution in [3.05, 3.63) is 59.2 Å². The average Bonchev–Trinajstić information content (AvgIpc) is 2.91. The normalized spacial score (nSPS) is 14.6. The Bertz CT molecular complexity index is 784. The lowest BCUT2D eigenvalue weighted by atomic mass is 9.96. The predicted octanol–water partition coefficient (Wildman–Crippen LogP) is 1.89. The summed E-state index contributed by atoms with van der Waals surface area (Å²) in [6, 6.07) is 13.8. The Labute approximate surface area is 141 Å². The number of nitrogens with zero attached hydrogens (tertiary/aromatic N) is 1. The van der Waals surface area contributed by atoms with Crippen LogP contribution in [0.5, 0.6) is 0 Å². The fourth-order valence-electron chi connectivity index (χ4n) is 3.05. The van der Waals surface area contributed by atoms with E-state index in [0.717, 1.165) is 22.3 Å². The first kappa shape index (κ1) is 16.2. The summed E-state index contributed by atoms with van der Waals surface area (Å²) in [5.41, 5.74) is 15.8. The van der Waals surface area contributed by atoms with Crippen LogP contribution in [0.1, 0.15) is 28.4 Å². The number of rotatable bonds is 5. The van der Waals surface area contributed by atoms with E-state index in [1.54, 1.807) is 11.8 Å². The van der Waals surface area contributed by atoms with Gasteiger partial charge in [0.15, 0.2) is 0 Å². The summed E-state index contributed by atoms with van der Waals surface area (Å²) >= 11 is 0. The zero-order valence-electron chi connectivity index (χ0n) is 13.7. The number of primary amides is 1. The van der Waals surface area contributed by atoms with Crippen LogP contribution in [0.3, 0.4) is 0 Å². The molecule has 124 valence electrons. The summed E-state index contributed by atoms with van der Waals surface area (Å²) < 4.78 is 0. The van der Waals surface area contributed by atoms with Gasteiger partial charge in [-0.1, -0.05) is 43.3 Å². The van der Waals surface area contributed by atoms with Crippen molar-refractivity contribution >= 4 is 11.8 Å². The molecule has 0 aliphatic carbocycles. The summed E-state index contributed by atoms with van der Waals surface area (Å²) in [7, 11) is 0. The van der Waals surface area contributed by atoms with Crippen molar-refractivity contribution in [2.24, 2.45) is 17.4 Å². The number of nitrogens with two attached hydrogens (primary N) is 2. The number of carbonyl (C=O) groups excluding carboxylic acids is 2. The molecule has 2 aromatic carbocycles. The van der Waals surface area contributed by atoms with Crippen molar-refractivity contribution in [3.8, 4) is 11.1 Å². The summed E-state index contributed by atoms with van der Waals surface area (Å²) in [5, 5.41) is 0. The largest absolute Gasteiger partial charge is 0.369 e. The van der Waals surface area contributed by atoms with Gasteiger partial charge in [0.2, 0.25) is 5.91 Å². The number of benzene rings is 2. The highest BCUT2D eigenvalue weighted by Gasteiger charge is 2.31. The van der Waals surface area contributed by atoms with Crippen molar-refractivity contribution < 1.29 is 9.59 Å². The van der Waals surface area contributed by atoms with Crippen LogP contribution in [0.2, 0.25) is 0 Å². The van der Waals surface area contributed by atoms with E-state index in [2.05, 4.69) is 0 Å². The van der Waals surface area contributed by atoms with Crippen LogP contribution in [0.4, 0.5) is 0 Å². The molecule has 0 saturated carbocycles. The lowest BCUT2D eigenvalue weighted by Crippen LogP contribution is -2.34. The Balaban J connectivity index is 1.92. The van der Waals surface area contributed by atoms with Gasteiger partial charge >= 0.3 is 0 Å². The number of carbonyl (C=O) groups is 2. The maximum Gasteiger partial charge on any atom is 0.254 e.